The fourth-order valence-electron chi connectivity index (χ4n) is 3.45. The van der Waals surface area contributed by atoms with Crippen molar-refractivity contribution >= 4 is 17.2 Å². The number of aromatic nitrogens is 3. The summed E-state index contributed by atoms with van der Waals surface area (Å²) in [5.41, 5.74) is 0.246. The van der Waals surface area contributed by atoms with E-state index in [4.69, 9.17) is 4.52 Å². The van der Waals surface area contributed by atoms with Crippen LogP contribution in [-0.2, 0) is 16.6 Å². The molecule has 1 aliphatic carbocycles. The molecule has 1 aliphatic rings. The van der Waals surface area contributed by atoms with Gasteiger partial charge in [0.05, 0.1) is 5.41 Å². The minimum atomic E-state index is -0.408. The molecule has 3 aromatic heterocycles. The lowest BCUT2D eigenvalue weighted by molar-refractivity contribution is -0.124. The summed E-state index contributed by atoms with van der Waals surface area (Å²) in [5, 5.41) is 9.02. The molecule has 0 saturated heterocycles. The molecule has 1 atom stereocenters. The molecule has 0 unspecified atom stereocenters. The average molecular weight is 368 g/mol. The highest BCUT2D eigenvalue weighted by molar-refractivity contribution is 7.10. The van der Waals surface area contributed by atoms with Crippen LogP contribution in [0.3, 0.4) is 0 Å². The van der Waals surface area contributed by atoms with E-state index in [1.807, 2.05) is 29.6 Å². The minimum absolute atomic E-state index is 0.0153. The third kappa shape index (κ3) is 2.82. The molecule has 3 heterocycles. The normalized spacial score (nSPS) is 20.7. The van der Waals surface area contributed by atoms with Gasteiger partial charge in [-0.05, 0) is 35.4 Å². The van der Waals surface area contributed by atoms with Crippen LogP contribution >= 0.6 is 11.3 Å². The van der Waals surface area contributed by atoms with Gasteiger partial charge in [-0.25, -0.2) is 0 Å². The Morgan fingerprint density at radius 3 is 2.81 bits per heavy atom. The van der Waals surface area contributed by atoms with E-state index in [0.717, 1.165) is 11.3 Å². The highest BCUT2D eigenvalue weighted by Crippen LogP contribution is 2.65. The predicted octanol–water partition coefficient (Wildman–Crippen LogP) is 3.22. The van der Waals surface area contributed by atoms with Gasteiger partial charge in [-0.15, -0.1) is 11.3 Å². The third-order valence-electron chi connectivity index (χ3n) is 5.05. The summed E-state index contributed by atoms with van der Waals surface area (Å²) in [5.74, 6) is 1.03. The molecule has 1 saturated carbocycles. The smallest absolute Gasteiger partial charge is 0.232 e. The first-order valence-corrected chi connectivity index (χ1v) is 9.47. The van der Waals surface area contributed by atoms with Gasteiger partial charge < -0.3 is 9.84 Å². The number of pyridine rings is 1. The minimum Gasteiger partial charge on any atom is -0.355 e. The summed E-state index contributed by atoms with van der Waals surface area (Å²) in [6.07, 6.45) is 3.05. The number of amides is 1. The number of carbonyl (C=O) groups excluding carboxylic acids is 1. The van der Waals surface area contributed by atoms with E-state index < -0.39 is 5.41 Å². The van der Waals surface area contributed by atoms with Crippen molar-refractivity contribution in [1.29, 1.82) is 0 Å². The summed E-state index contributed by atoms with van der Waals surface area (Å²) in [7, 11) is 0. The molecule has 0 aromatic carbocycles. The molecule has 1 N–H and O–H groups in total. The van der Waals surface area contributed by atoms with Crippen LogP contribution in [0.15, 0.2) is 46.4 Å². The molecule has 1 fully saturated rings. The van der Waals surface area contributed by atoms with Crippen LogP contribution in [-0.4, -0.2) is 27.6 Å². The number of nitrogens with zero attached hydrogens (tertiary/aromatic N) is 3. The molecule has 7 heteroatoms. The van der Waals surface area contributed by atoms with Gasteiger partial charge >= 0.3 is 0 Å². The standard InChI is InChI=1S/C19H20N4O2S/c1-18(2)12-19(18,14-7-5-11-26-14)17(24)21-10-8-15-22-16(23-25-15)13-6-3-4-9-20-13/h3-7,9,11H,8,10,12H2,1-2H3,(H,21,24)/t19-/m0/s1. The molecule has 6 nitrogen and oxygen atoms in total. The van der Waals surface area contributed by atoms with Gasteiger partial charge in [-0.1, -0.05) is 31.1 Å². The Morgan fingerprint density at radius 1 is 1.31 bits per heavy atom. The summed E-state index contributed by atoms with van der Waals surface area (Å²) in [6, 6.07) is 9.59. The molecule has 0 aliphatic heterocycles. The van der Waals surface area contributed by atoms with Crippen LogP contribution in [0.4, 0.5) is 0 Å². The first-order valence-electron chi connectivity index (χ1n) is 8.59. The molecule has 0 radical (unpaired) electrons. The number of nitrogens with one attached hydrogen (secondary N) is 1. The zero-order chi connectivity index (χ0) is 18.2. The Balaban J connectivity index is 1.38. The first-order chi connectivity index (χ1) is 12.5. The van der Waals surface area contributed by atoms with Gasteiger partial charge in [0.15, 0.2) is 0 Å². The van der Waals surface area contributed by atoms with Crippen molar-refractivity contribution in [3.8, 4) is 11.5 Å². The van der Waals surface area contributed by atoms with E-state index in [1.54, 1.807) is 17.5 Å². The molecule has 1 amide bonds. The molecule has 134 valence electrons. The second-order valence-electron chi connectivity index (χ2n) is 7.18. The second-order valence-corrected chi connectivity index (χ2v) is 8.12. The van der Waals surface area contributed by atoms with Crippen LogP contribution in [0.25, 0.3) is 11.5 Å². The molecule has 0 bridgehead atoms. The van der Waals surface area contributed by atoms with E-state index in [9.17, 15) is 4.79 Å². The Labute approximate surface area is 155 Å². The third-order valence-corrected chi connectivity index (χ3v) is 6.09. The maximum absolute atomic E-state index is 12.9. The van der Waals surface area contributed by atoms with Crippen molar-refractivity contribution in [2.24, 2.45) is 5.41 Å². The Kier molecular flexibility index (Phi) is 4.11. The lowest BCUT2D eigenvalue weighted by Crippen LogP contribution is -2.38. The molecule has 3 aromatic rings. The summed E-state index contributed by atoms with van der Waals surface area (Å²) in [6.45, 7) is 4.75. The van der Waals surface area contributed by atoms with Crippen molar-refractivity contribution in [3.63, 3.8) is 0 Å². The Morgan fingerprint density at radius 2 is 2.15 bits per heavy atom. The predicted molar refractivity (Wildman–Crippen MR) is 98.6 cm³/mol. The van der Waals surface area contributed by atoms with Crippen LogP contribution < -0.4 is 5.32 Å². The second kappa shape index (κ2) is 6.32. The molecule has 26 heavy (non-hydrogen) atoms. The highest BCUT2D eigenvalue weighted by Gasteiger charge is 2.67. The highest BCUT2D eigenvalue weighted by atomic mass is 32.1. The summed E-state index contributed by atoms with van der Waals surface area (Å²) in [4.78, 5) is 22.6. The van der Waals surface area contributed by atoms with Gasteiger partial charge in [-0.2, -0.15) is 4.98 Å². The van der Waals surface area contributed by atoms with E-state index >= 15 is 0 Å². The van der Waals surface area contributed by atoms with Crippen molar-refractivity contribution in [1.82, 2.24) is 20.4 Å². The summed E-state index contributed by atoms with van der Waals surface area (Å²) < 4.78 is 5.26. The maximum atomic E-state index is 12.9. The van der Waals surface area contributed by atoms with Crippen LogP contribution in [0, 0.1) is 5.41 Å². The number of rotatable bonds is 6. The number of hydrogen-bond donors (Lipinski definition) is 1. The number of thiophene rings is 1. The maximum Gasteiger partial charge on any atom is 0.232 e. The van der Waals surface area contributed by atoms with Crippen LogP contribution in [0.5, 0.6) is 0 Å². The fourth-order valence-corrected chi connectivity index (χ4v) is 4.55. The van der Waals surface area contributed by atoms with Crippen molar-refractivity contribution in [2.75, 3.05) is 6.54 Å². The van der Waals surface area contributed by atoms with Gasteiger partial charge in [0.25, 0.3) is 0 Å². The topological polar surface area (TPSA) is 80.9 Å². The van der Waals surface area contributed by atoms with Gasteiger partial charge in [0, 0.05) is 24.0 Å². The van der Waals surface area contributed by atoms with Gasteiger partial charge in [-0.3, -0.25) is 9.78 Å². The first kappa shape index (κ1) is 16.9. The lowest BCUT2D eigenvalue weighted by Gasteiger charge is -2.18. The molecular weight excluding hydrogens is 348 g/mol. The van der Waals surface area contributed by atoms with Crippen LogP contribution in [0.2, 0.25) is 0 Å². The van der Waals surface area contributed by atoms with Crippen molar-refractivity contribution in [3.05, 3.63) is 52.7 Å². The Bertz CT molecular complexity index is 905. The van der Waals surface area contributed by atoms with Crippen LogP contribution in [0.1, 0.15) is 31.0 Å². The number of hydrogen-bond acceptors (Lipinski definition) is 6. The molecule has 0 spiro atoms. The zero-order valence-corrected chi connectivity index (χ0v) is 15.5. The average Bonchev–Trinajstić information content (AvgIpc) is 3.09. The zero-order valence-electron chi connectivity index (χ0n) is 14.7. The van der Waals surface area contributed by atoms with E-state index in [1.165, 1.54) is 0 Å². The fraction of sp³-hybridized carbons (Fsp3) is 0.368. The lowest BCUT2D eigenvalue weighted by atomic mass is 9.93. The van der Waals surface area contributed by atoms with E-state index in [0.29, 0.717) is 30.4 Å². The van der Waals surface area contributed by atoms with Gasteiger partial charge in [0.1, 0.15) is 5.69 Å². The largest absolute Gasteiger partial charge is 0.355 e. The van der Waals surface area contributed by atoms with E-state index in [-0.39, 0.29) is 11.3 Å². The monoisotopic (exact) mass is 368 g/mol. The summed E-state index contributed by atoms with van der Waals surface area (Å²) >= 11 is 1.65. The van der Waals surface area contributed by atoms with Gasteiger partial charge in [0.2, 0.25) is 17.6 Å². The quantitative estimate of drug-likeness (QED) is 0.722. The Hall–Kier alpha value is -2.54. The van der Waals surface area contributed by atoms with Crippen molar-refractivity contribution in [2.45, 2.75) is 32.1 Å². The van der Waals surface area contributed by atoms with Crippen molar-refractivity contribution < 1.29 is 9.32 Å². The molecular formula is C19H20N4O2S. The molecule has 4 rings (SSSR count). The van der Waals surface area contributed by atoms with E-state index in [2.05, 4.69) is 40.4 Å². The SMILES string of the molecule is CC1(C)C[C@@]1(C(=O)NCCc1nc(-c2ccccn2)no1)c1cccs1. The number of carbonyl (C=O) groups is 1.